The van der Waals surface area contributed by atoms with Gasteiger partial charge in [0.2, 0.25) is 0 Å². The van der Waals surface area contributed by atoms with Crippen LogP contribution in [0.4, 0.5) is 4.39 Å². The third-order valence-corrected chi connectivity index (χ3v) is 6.60. The van der Waals surface area contributed by atoms with Gasteiger partial charge in [0.15, 0.2) is 11.0 Å². The average Bonchev–Trinajstić information content (AvgIpc) is 3.07. The molecule has 2 aromatic rings. The van der Waals surface area contributed by atoms with Crippen molar-refractivity contribution in [2.75, 3.05) is 13.1 Å². The zero-order chi connectivity index (χ0) is 18.6. The fraction of sp³-hybridized carbons (Fsp3) is 0.550. The van der Waals surface area contributed by atoms with Crippen molar-refractivity contribution in [1.82, 2.24) is 19.7 Å². The van der Waals surface area contributed by atoms with Crippen LogP contribution in [0.15, 0.2) is 29.4 Å². The summed E-state index contributed by atoms with van der Waals surface area (Å²) in [5.74, 6) is 0.896. The summed E-state index contributed by atoms with van der Waals surface area (Å²) in [5.41, 5.74) is 0.846. The maximum atomic E-state index is 13.4. The second kappa shape index (κ2) is 8.52. The molecule has 0 spiro atoms. The van der Waals surface area contributed by atoms with E-state index in [4.69, 9.17) is 0 Å². The van der Waals surface area contributed by atoms with Crippen molar-refractivity contribution in [1.29, 1.82) is 0 Å². The van der Waals surface area contributed by atoms with Gasteiger partial charge < -0.3 is 0 Å². The van der Waals surface area contributed by atoms with Crippen LogP contribution in [0, 0.1) is 5.82 Å². The van der Waals surface area contributed by atoms with Crippen molar-refractivity contribution in [2.24, 2.45) is 0 Å². The molecule has 1 aliphatic carbocycles. The van der Waals surface area contributed by atoms with Gasteiger partial charge in [0.05, 0.1) is 11.8 Å². The summed E-state index contributed by atoms with van der Waals surface area (Å²) in [6.07, 6.45) is 7.32. The van der Waals surface area contributed by atoms with Gasteiger partial charge in [-0.15, -0.1) is 10.2 Å². The van der Waals surface area contributed by atoms with Gasteiger partial charge in [0, 0.05) is 12.1 Å². The molecule has 0 N–H and O–H groups in total. The Morgan fingerprint density at radius 3 is 2.56 bits per heavy atom. The molecule has 0 amide bonds. The largest absolute Gasteiger partial charge is 0.298 e. The highest BCUT2D eigenvalue weighted by molar-refractivity contribution is 8.00. The number of hydrogen-bond acceptors (Lipinski definition) is 5. The van der Waals surface area contributed by atoms with Crippen LogP contribution < -0.4 is 0 Å². The number of likely N-dealkylation sites (tertiary alicyclic amines) is 1. The van der Waals surface area contributed by atoms with E-state index in [2.05, 4.69) is 15.1 Å². The fourth-order valence-corrected chi connectivity index (χ4v) is 5.04. The molecule has 1 atom stereocenters. The molecular formula is C20H25FN4OS. The molecule has 2 fully saturated rings. The maximum Gasteiger partial charge on any atom is 0.196 e. The SMILES string of the molecule is O=C1CCCCC1Sc1nnc(CN2CCCCC2)n1-c1ccc(F)cc1. The van der Waals surface area contributed by atoms with Crippen LogP contribution in [0.25, 0.3) is 5.69 Å². The number of carbonyl (C=O) groups excluding carboxylic acids is 1. The number of halogens is 1. The monoisotopic (exact) mass is 388 g/mol. The molecule has 2 aliphatic rings. The van der Waals surface area contributed by atoms with Gasteiger partial charge in [-0.25, -0.2) is 4.39 Å². The summed E-state index contributed by atoms with van der Waals surface area (Å²) < 4.78 is 15.4. The lowest BCUT2D eigenvalue weighted by Crippen LogP contribution is -2.30. The molecule has 1 aliphatic heterocycles. The molecule has 2 heterocycles. The molecule has 0 bridgehead atoms. The Bertz CT molecular complexity index is 786. The van der Waals surface area contributed by atoms with Gasteiger partial charge in [-0.05, 0) is 63.0 Å². The summed E-state index contributed by atoms with van der Waals surface area (Å²) in [6.45, 7) is 2.86. The van der Waals surface area contributed by atoms with Gasteiger partial charge in [0.25, 0.3) is 0 Å². The minimum atomic E-state index is -0.263. The van der Waals surface area contributed by atoms with Gasteiger partial charge in [-0.1, -0.05) is 24.6 Å². The van der Waals surface area contributed by atoms with E-state index in [1.165, 1.54) is 43.2 Å². The third-order valence-electron chi connectivity index (χ3n) is 5.35. The molecular weight excluding hydrogens is 363 g/mol. The number of carbonyl (C=O) groups is 1. The Kier molecular flexibility index (Phi) is 5.88. The molecule has 4 rings (SSSR count). The molecule has 1 saturated heterocycles. The molecule has 0 radical (unpaired) electrons. The molecule has 27 heavy (non-hydrogen) atoms. The summed E-state index contributed by atoms with van der Waals surface area (Å²) >= 11 is 1.51. The molecule has 1 aromatic heterocycles. The standard InChI is InChI=1S/C20H25FN4OS/c21-15-8-10-16(11-9-15)25-19(14-24-12-4-1-5-13-24)22-23-20(25)27-18-7-3-2-6-17(18)26/h8-11,18H,1-7,12-14H2. The highest BCUT2D eigenvalue weighted by Gasteiger charge is 2.27. The topological polar surface area (TPSA) is 51.0 Å². The van der Waals surface area contributed by atoms with Crippen LogP contribution >= 0.6 is 11.8 Å². The lowest BCUT2D eigenvalue weighted by Gasteiger charge is -2.26. The number of nitrogens with zero attached hydrogens (tertiary/aromatic N) is 4. The van der Waals surface area contributed by atoms with E-state index in [1.54, 1.807) is 12.1 Å². The van der Waals surface area contributed by atoms with Crippen LogP contribution in [-0.2, 0) is 11.3 Å². The molecule has 144 valence electrons. The second-order valence-corrected chi connectivity index (χ2v) is 8.54. The van der Waals surface area contributed by atoms with E-state index >= 15 is 0 Å². The van der Waals surface area contributed by atoms with Crippen molar-refractivity contribution in [3.63, 3.8) is 0 Å². The summed E-state index contributed by atoms with van der Waals surface area (Å²) in [5, 5.41) is 9.54. The highest BCUT2D eigenvalue weighted by Crippen LogP contribution is 2.32. The van der Waals surface area contributed by atoms with Gasteiger partial charge in [0.1, 0.15) is 11.6 Å². The molecule has 5 nitrogen and oxygen atoms in total. The Morgan fingerprint density at radius 1 is 1.04 bits per heavy atom. The predicted octanol–water partition coefficient (Wildman–Crippen LogP) is 4.00. The first kappa shape index (κ1) is 18.6. The molecule has 1 aromatic carbocycles. The number of ketones is 1. The van der Waals surface area contributed by atoms with E-state index in [0.717, 1.165) is 55.6 Å². The Balaban J connectivity index is 1.63. The van der Waals surface area contributed by atoms with Crippen molar-refractivity contribution in [3.8, 4) is 5.69 Å². The second-order valence-electron chi connectivity index (χ2n) is 7.37. The maximum absolute atomic E-state index is 13.4. The van der Waals surface area contributed by atoms with E-state index in [0.29, 0.717) is 12.2 Å². The highest BCUT2D eigenvalue weighted by atomic mass is 32.2. The number of Topliss-reactive ketones (excluding diaryl/α,β-unsaturated/α-hetero) is 1. The summed E-state index contributed by atoms with van der Waals surface area (Å²) in [4.78, 5) is 14.7. The lowest BCUT2D eigenvalue weighted by molar-refractivity contribution is -0.119. The van der Waals surface area contributed by atoms with Crippen molar-refractivity contribution < 1.29 is 9.18 Å². The van der Waals surface area contributed by atoms with E-state index < -0.39 is 0 Å². The van der Waals surface area contributed by atoms with Crippen LogP contribution in [0.2, 0.25) is 0 Å². The lowest BCUT2D eigenvalue weighted by atomic mass is 9.99. The van der Waals surface area contributed by atoms with Crippen LogP contribution in [0.3, 0.4) is 0 Å². The quantitative estimate of drug-likeness (QED) is 0.775. The van der Waals surface area contributed by atoms with Crippen LogP contribution in [0.5, 0.6) is 0 Å². The Morgan fingerprint density at radius 2 is 1.81 bits per heavy atom. The van der Waals surface area contributed by atoms with E-state index in [-0.39, 0.29) is 11.1 Å². The van der Waals surface area contributed by atoms with Crippen LogP contribution in [-0.4, -0.2) is 43.8 Å². The van der Waals surface area contributed by atoms with Gasteiger partial charge in [-0.2, -0.15) is 0 Å². The minimum Gasteiger partial charge on any atom is -0.298 e. The molecule has 1 unspecified atom stereocenters. The smallest absolute Gasteiger partial charge is 0.196 e. The van der Waals surface area contributed by atoms with Crippen molar-refractivity contribution in [3.05, 3.63) is 35.9 Å². The number of aromatic nitrogens is 3. The number of thioether (sulfide) groups is 1. The molecule has 7 heteroatoms. The fourth-order valence-electron chi connectivity index (χ4n) is 3.85. The number of piperidine rings is 1. The van der Waals surface area contributed by atoms with E-state index in [9.17, 15) is 9.18 Å². The normalized spacial score (nSPS) is 21.5. The number of hydrogen-bond donors (Lipinski definition) is 0. The van der Waals surface area contributed by atoms with Crippen molar-refractivity contribution >= 4 is 17.5 Å². The Hall–Kier alpha value is -1.73. The first-order valence-electron chi connectivity index (χ1n) is 9.83. The molecule has 1 saturated carbocycles. The third kappa shape index (κ3) is 4.41. The average molecular weight is 389 g/mol. The number of benzene rings is 1. The van der Waals surface area contributed by atoms with E-state index in [1.807, 2.05) is 4.57 Å². The summed E-state index contributed by atoms with van der Waals surface area (Å²) in [6, 6.07) is 6.43. The summed E-state index contributed by atoms with van der Waals surface area (Å²) in [7, 11) is 0. The Labute approximate surface area is 163 Å². The van der Waals surface area contributed by atoms with Gasteiger partial charge >= 0.3 is 0 Å². The number of rotatable bonds is 5. The first-order valence-corrected chi connectivity index (χ1v) is 10.7. The van der Waals surface area contributed by atoms with Crippen LogP contribution in [0.1, 0.15) is 50.8 Å². The zero-order valence-electron chi connectivity index (χ0n) is 15.4. The first-order chi connectivity index (χ1) is 13.2. The zero-order valence-corrected chi connectivity index (χ0v) is 16.3. The minimum absolute atomic E-state index is 0.0509. The van der Waals surface area contributed by atoms with Crippen molar-refractivity contribution in [2.45, 2.75) is 61.9 Å². The predicted molar refractivity (Wildman–Crippen MR) is 104 cm³/mol. The van der Waals surface area contributed by atoms with Gasteiger partial charge in [-0.3, -0.25) is 14.3 Å².